The van der Waals surface area contributed by atoms with Gasteiger partial charge in [-0.05, 0) is 12.1 Å². The van der Waals surface area contributed by atoms with Crippen LogP contribution in [0.2, 0.25) is 0 Å². The first-order valence-corrected chi connectivity index (χ1v) is 8.95. The van der Waals surface area contributed by atoms with Gasteiger partial charge in [0.15, 0.2) is 17.0 Å². The van der Waals surface area contributed by atoms with Crippen molar-refractivity contribution in [1.82, 2.24) is 4.98 Å². The summed E-state index contributed by atoms with van der Waals surface area (Å²) >= 11 is 0. The molecule has 2 atom stereocenters. The third-order valence-corrected chi connectivity index (χ3v) is 5.02. The van der Waals surface area contributed by atoms with Crippen LogP contribution in [-0.2, 0) is 16.6 Å². The fraction of sp³-hybridized carbons (Fsp3) is 0.312. The highest BCUT2D eigenvalue weighted by atomic mass is 32.2. The van der Waals surface area contributed by atoms with Crippen molar-refractivity contribution >= 4 is 22.2 Å². The minimum absolute atomic E-state index is 0.0237. The van der Waals surface area contributed by atoms with Crippen LogP contribution in [0.25, 0.3) is 0 Å². The van der Waals surface area contributed by atoms with E-state index in [2.05, 4.69) is 20.4 Å². The average molecular weight is 385 g/mol. The zero-order chi connectivity index (χ0) is 18.7. The summed E-state index contributed by atoms with van der Waals surface area (Å²) in [5, 5.41) is 6.05. The lowest BCUT2D eigenvalue weighted by Crippen LogP contribution is -2.28. The zero-order valence-electron chi connectivity index (χ0n) is 14.0. The SMILES string of the molecule is COc1ccnc(CS(=O)[C@@H]2Nc3ccc(OC(F)F)cc3N2)c1OC. The van der Waals surface area contributed by atoms with Gasteiger partial charge in [0.2, 0.25) is 0 Å². The van der Waals surface area contributed by atoms with Gasteiger partial charge in [-0.25, -0.2) is 0 Å². The molecule has 0 radical (unpaired) electrons. The van der Waals surface area contributed by atoms with Gasteiger partial charge in [0.1, 0.15) is 5.75 Å². The number of rotatable bonds is 7. The van der Waals surface area contributed by atoms with E-state index >= 15 is 0 Å². The summed E-state index contributed by atoms with van der Waals surface area (Å²) < 4.78 is 52.2. The fourth-order valence-corrected chi connectivity index (χ4v) is 3.72. The molecule has 1 unspecified atom stereocenters. The first-order chi connectivity index (χ1) is 12.5. The normalized spacial score (nSPS) is 16.4. The van der Waals surface area contributed by atoms with Crippen LogP contribution in [0.5, 0.6) is 17.2 Å². The van der Waals surface area contributed by atoms with E-state index in [0.29, 0.717) is 28.6 Å². The fourth-order valence-electron chi connectivity index (χ4n) is 2.57. The average Bonchev–Trinajstić information content (AvgIpc) is 3.04. The van der Waals surface area contributed by atoms with E-state index in [4.69, 9.17) is 9.47 Å². The number of fused-ring (bicyclic) bond motifs is 1. The van der Waals surface area contributed by atoms with Gasteiger partial charge < -0.3 is 24.8 Å². The number of benzene rings is 1. The van der Waals surface area contributed by atoms with Gasteiger partial charge in [-0.1, -0.05) is 0 Å². The van der Waals surface area contributed by atoms with Crippen molar-refractivity contribution < 1.29 is 27.2 Å². The Kier molecular flexibility index (Phi) is 5.40. The number of alkyl halides is 2. The van der Waals surface area contributed by atoms with Crippen LogP contribution >= 0.6 is 0 Å². The van der Waals surface area contributed by atoms with E-state index in [9.17, 15) is 13.0 Å². The molecule has 0 amide bonds. The molecule has 1 aromatic carbocycles. The molecule has 0 fully saturated rings. The Labute approximate surface area is 151 Å². The molecular formula is C16H17F2N3O4S. The van der Waals surface area contributed by atoms with Crippen LogP contribution in [0.1, 0.15) is 5.69 Å². The molecule has 26 heavy (non-hydrogen) atoms. The van der Waals surface area contributed by atoms with E-state index in [0.717, 1.165) is 0 Å². The molecule has 7 nitrogen and oxygen atoms in total. The molecule has 0 bridgehead atoms. The van der Waals surface area contributed by atoms with E-state index in [1.807, 2.05) is 0 Å². The third-order valence-electron chi connectivity index (χ3n) is 3.70. The van der Waals surface area contributed by atoms with Gasteiger partial charge in [0.05, 0.1) is 47.8 Å². The van der Waals surface area contributed by atoms with Crippen molar-refractivity contribution in [1.29, 1.82) is 0 Å². The minimum atomic E-state index is -2.90. The number of hydrogen-bond donors (Lipinski definition) is 2. The molecule has 0 spiro atoms. The Morgan fingerprint density at radius 1 is 1.19 bits per heavy atom. The molecule has 2 N–H and O–H groups in total. The topological polar surface area (TPSA) is 81.7 Å². The van der Waals surface area contributed by atoms with Gasteiger partial charge >= 0.3 is 6.61 Å². The quantitative estimate of drug-likeness (QED) is 0.758. The summed E-state index contributed by atoms with van der Waals surface area (Å²) in [4.78, 5) is 4.21. The maximum absolute atomic E-state index is 12.7. The summed E-state index contributed by atoms with van der Waals surface area (Å²) in [7, 11) is 1.57. The summed E-state index contributed by atoms with van der Waals surface area (Å²) in [5.74, 6) is 1.06. The van der Waals surface area contributed by atoms with Crippen molar-refractivity contribution in [3.05, 3.63) is 36.2 Å². The Morgan fingerprint density at radius 2 is 1.96 bits per heavy atom. The van der Waals surface area contributed by atoms with Crippen molar-refractivity contribution in [3.8, 4) is 17.2 Å². The van der Waals surface area contributed by atoms with Crippen LogP contribution in [0.3, 0.4) is 0 Å². The number of hydrogen-bond acceptors (Lipinski definition) is 7. The van der Waals surface area contributed by atoms with Crippen LogP contribution < -0.4 is 24.8 Å². The van der Waals surface area contributed by atoms with E-state index in [-0.39, 0.29) is 11.5 Å². The molecule has 3 rings (SSSR count). The number of pyridine rings is 1. The lowest BCUT2D eigenvalue weighted by atomic mass is 10.2. The Balaban J connectivity index is 1.72. The van der Waals surface area contributed by atoms with Crippen LogP contribution in [0.15, 0.2) is 30.5 Å². The number of methoxy groups -OCH3 is 2. The predicted molar refractivity (Wildman–Crippen MR) is 93.3 cm³/mol. The van der Waals surface area contributed by atoms with Crippen LogP contribution in [-0.4, -0.2) is 35.5 Å². The van der Waals surface area contributed by atoms with Crippen LogP contribution in [0, 0.1) is 0 Å². The molecule has 0 aliphatic carbocycles. The molecule has 1 aliphatic heterocycles. The first kappa shape index (κ1) is 18.2. The second kappa shape index (κ2) is 7.73. The number of ether oxygens (including phenoxy) is 3. The maximum Gasteiger partial charge on any atom is 0.387 e. The van der Waals surface area contributed by atoms with Crippen molar-refractivity contribution in [2.24, 2.45) is 0 Å². The standard InChI is InChI=1S/C16H17F2N3O4S/c1-23-13-5-6-19-12(14(13)24-2)8-26(22)16-20-10-4-3-9(25-15(17)18)7-11(10)21-16/h3-7,15-16,20-21H,8H2,1-2H3/t16-,26?/m1/s1. The second-order valence-electron chi connectivity index (χ2n) is 5.27. The second-order valence-corrected chi connectivity index (χ2v) is 6.79. The predicted octanol–water partition coefficient (Wildman–Crippen LogP) is 2.77. The smallest absolute Gasteiger partial charge is 0.387 e. The number of nitrogens with one attached hydrogen (secondary N) is 2. The number of anilines is 2. The first-order valence-electron chi connectivity index (χ1n) is 7.56. The van der Waals surface area contributed by atoms with E-state index < -0.39 is 22.9 Å². The monoisotopic (exact) mass is 385 g/mol. The molecule has 1 aromatic heterocycles. The summed E-state index contributed by atoms with van der Waals surface area (Å²) in [5.41, 5.74) is 1.07. The number of aromatic nitrogens is 1. The summed E-state index contributed by atoms with van der Waals surface area (Å²) in [6, 6.07) is 6.08. The zero-order valence-corrected chi connectivity index (χ0v) is 14.8. The van der Waals surface area contributed by atoms with Crippen molar-refractivity contribution in [3.63, 3.8) is 0 Å². The van der Waals surface area contributed by atoms with Crippen LogP contribution in [0.4, 0.5) is 20.2 Å². The Hall–Kier alpha value is -2.62. The highest BCUT2D eigenvalue weighted by Gasteiger charge is 2.27. The maximum atomic E-state index is 12.7. The molecule has 140 valence electrons. The molecule has 2 aromatic rings. The van der Waals surface area contributed by atoms with Gasteiger partial charge in [-0.2, -0.15) is 8.78 Å². The third kappa shape index (κ3) is 3.79. The summed E-state index contributed by atoms with van der Waals surface area (Å²) in [6.45, 7) is -2.90. The molecule has 0 saturated carbocycles. The number of nitrogens with zero attached hydrogens (tertiary/aromatic N) is 1. The van der Waals surface area contributed by atoms with Crippen molar-refractivity contribution in [2.75, 3.05) is 24.9 Å². The van der Waals surface area contributed by atoms with Gasteiger partial charge in [0.25, 0.3) is 0 Å². The molecule has 10 heteroatoms. The minimum Gasteiger partial charge on any atom is -0.493 e. The van der Waals surface area contributed by atoms with E-state index in [1.165, 1.54) is 26.4 Å². The highest BCUT2D eigenvalue weighted by molar-refractivity contribution is 7.85. The number of halogens is 2. The van der Waals surface area contributed by atoms with E-state index in [1.54, 1.807) is 18.3 Å². The van der Waals surface area contributed by atoms with Crippen molar-refractivity contribution in [2.45, 2.75) is 17.9 Å². The van der Waals surface area contributed by atoms with Gasteiger partial charge in [-0.15, -0.1) is 0 Å². The summed E-state index contributed by atoms with van der Waals surface area (Å²) in [6.07, 6.45) is 1.55. The molecule has 1 aliphatic rings. The Bertz CT molecular complexity index is 822. The van der Waals surface area contributed by atoms with Gasteiger partial charge in [-0.3, -0.25) is 9.19 Å². The lowest BCUT2D eigenvalue weighted by molar-refractivity contribution is -0.0497. The largest absolute Gasteiger partial charge is 0.493 e. The highest BCUT2D eigenvalue weighted by Crippen LogP contribution is 2.35. The Morgan fingerprint density at radius 3 is 2.65 bits per heavy atom. The van der Waals surface area contributed by atoms with Gasteiger partial charge in [0, 0.05) is 18.3 Å². The molecule has 0 saturated heterocycles. The molecular weight excluding hydrogens is 368 g/mol. The molecule has 2 heterocycles. The lowest BCUT2D eigenvalue weighted by Gasteiger charge is -2.14.